The second-order valence-corrected chi connectivity index (χ2v) is 6.82. The molecule has 0 aliphatic heterocycles. The average Bonchev–Trinajstić information content (AvgIpc) is 2.92. The van der Waals surface area contributed by atoms with E-state index in [1.807, 2.05) is 19.1 Å². The van der Waals surface area contributed by atoms with Gasteiger partial charge in [-0.25, -0.2) is 0 Å². The number of hydrogen-bond donors (Lipinski definition) is 3. The fourth-order valence-corrected chi connectivity index (χ4v) is 3.52. The standard InChI is InChI=1S/C17H20ClN3O2/c1-9-6-10(16(19)22)2-4-13(9)21-17(23)15-8-11-7-12(18)3-5-14(11)20-15/h3,5,7-10,13,20H,2,4,6H2,1H3,(H2,19,22)(H,21,23)/t9-,10+,13+/m1/s1. The molecule has 1 aromatic carbocycles. The van der Waals surface area contributed by atoms with Crippen LogP contribution in [0.2, 0.25) is 5.02 Å². The fourth-order valence-electron chi connectivity index (χ4n) is 3.34. The number of primary amides is 1. The molecule has 3 rings (SSSR count). The highest BCUT2D eigenvalue weighted by molar-refractivity contribution is 6.31. The van der Waals surface area contributed by atoms with Crippen molar-refractivity contribution >= 4 is 34.3 Å². The van der Waals surface area contributed by atoms with Crippen molar-refractivity contribution in [2.45, 2.75) is 32.2 Å². The lowest BCUT2D eigenvalue weighted by molar-refractivity contribution is -0.123. The third-order valence-corrected chi connectivity index (χ3v) is 4.95. The van der Waals surface area contributed by atoms with E-state index in [0.29, 0.717) is 10.7 Å². The number of benzene rings is 1. The van der Waals surface area contributed by atoms with Gasteiger partial charge in [-0.15, -0.1) is 0 Å². The van der Waals surface area contributed by atoms with Crippen LogP contribution in [0.15, 0.2) is 24.3 Å². The van der Waals surface area contributed by atoms with E-state index in [1.54, 1.807) is 12.1 Å². The van der Waals surface area contributed by atoms with Crippen molar-refractivity contribution in [3.63, 3.8) is 0 Å². The van der Waals surface area contributed by atoms with Crippen molar-refractivity contribution in [1.82, 2.24) is 10.3 Å². The van der Waals surface area contributed by atoms with Gasteiger partial charge in [0, 0.05) is 27.9 Å². The Kier molecular flexibility index (Phi) is 4.31. The van der Waals surface area contributed by atoms with Gasteiger partial charge in [0.1, 0.15) is 5.69 Å². The van der Waals surface area contributed by atoms with Gasteiger partial charge >= 0.3 is 0 Å². The number of H-pyrrole nitrogens is 1. The molecule has 0 unspecified atom stereocenters. The molecule has 0 bridgehead atoms. The summed E-state index contributed by atoms with van der Waals surface area (Å²) in [6, 6.07) is 7.33. The summed E-state index contributed by atoms with van der Waals surface area (Å²) in [5.74, 6) is -0.224. The predicted octanol–water partition coefficient (Wildman–Crippen LogP) is 2.84. The van der Waals surface area contributed by atoms with Gasteiger partial charge < -0.3 is 16.0 Å². The highest BCUT2D eigenvalue weighted by Crippen LogP contribution is 2.29. The second kappa shape index (κ2) is 6.24. The Hall–Kier alpha value is -2.01. The van der Waals surface area contributed by atoms with Crippen molar-refractivity contribution in [3.8, 4) is 0 Å². The maximum Gasteiger partial charge on any atom is 0.267 e. The van der Waals surface area contributed by atoms with Crippen LogP contribution in [0.3, 0.4) is 0 Å². The summed E-state index contributed by atoms with van der Waals surface area (Å²) in [7, 11) is 0. The maximum atomic E-state index is 12.5. The predicted molar refractivity (Wildman–Crippen MR) is 90.3 cm³/mol. The smallest absolute Gasteiger partial charge is 0.267 e. The molecular weight excluding hydrogens is 314 g/mol. The second-order valence-electron chi connectivity index (χ2n) is 6.38. The van der Waals surface area contributed by atoms with E-state index in [4.69, 9.17) is 17.3 Å². The number of aromatic amines is 1. The Labute approximate surface area is 139 Å². The molecule has 1 aliphatic carbocycles. The van der Waals surface area contributed by atoms with Crippen LogP contribution in [0.4, 0.5) is 0 Å². The van der Waals surface area contributed by atoms with Crippen LogP contribution in [-0.2, 0) is 4.79 Å². The average molecular weight is 334 g/mol. The lowest BCUT2D eigenvalue weighted by atomic mass is 9.78. The molecule has 5 nitrogen and oxygen atoms in total. The first-order valence-corrected chi connectivity index (χ1v) is 8.20. The van der Waals surface area contributed by atoms with E-state index in [2.05, 4.69) is 10.3 Å². The summed E-state index contributed by atoms with van der Waals surface area (Å²) in [5, 5.41) is 4.62. The van der Waals surface area contributed by atoms with E-state index in [9.17, 15) is 9.59 Å². The number of rotatable bonds is 3. The number of aromatic nitrogens is 1. The number of halogens is 1. The van der Waals surface area contributed by atoms with Gasteiger partial charge in [-0.2, -0.15) is 0 Å². The lowest BCUT2D eigenvalue weighted by Gasteiger charge is -2.33. The first-order chi connectivity index (χ1) is 10.9. The summed E-state index contributed by atoms with van der Waals surface area (Å²) in [5.41, 5.74) is 6.78. The Morgan fingerprint density at radius 2 is 2.09 bits per heavy atom. The highest BCUT2D eigenvalue weighted by Gasteiger charge is 2.31. The first-order valence-electron chi connectivity index (χ1n) is 7.82. The number of carbonyl (C=O) groups excluding carboxylic acids is 2. The van der Waals surface area contributed by atoms with E-state index >= 15 is 0 Å². The third-order valence-electron chi connectivity index (χ3n) is 4.72. The molecule has 0 radical (unpaired) electrons. The van der Waals surface area contributed by atoms with Gasteiger partial charge in [0.05, 0.1) is 0 Å². The molecule has 3 atom stereocenters. The van der Waals surface area contributed by atoms with E-state index in [-0.39, 0.29) is 29.7 Å². The molecular formula is C17H20ClN3O2. The molecule has 2 aromatic rings. The molecule has 4 N–H and O–H groups in total. The molecule has 6 heteroatoms. The molecule has 0 spiro atoms. The quantitative estimate of drug-likeness (QED) is 0.806. The minimum atomic E-state index is -0.242. The first kappa shape index (κ1) is 15.9. The Morgan fingerprint density at radius 3 is 2.78 bits per heavy atom. The van der Waals surface area contributed by atoms with Crippen molar-refractivity contribution in [3.05, 3.63) is 35.0 Å². The molecule has 0 saturated heterocycles. The molecule has 1 fully saturated rings. The largest absolute Gasteiger partial charge is 0.369 e. The Morgan fingerprint density at radius 1 is 1.30 bits per heavy atom. The van der Waals surface area contributed by atoms with Gasteiger partial charge in [-0.1, -0.05) is 18.5 Å². The third kappa shape index (κ3) is 3.34. The zero-order valence-corrected chi connectivity index (χ0v) is 13.7. The van der Waals surface area contributed by atoms with Gasteiger partial charge in [-0.05, 0) is 49.4 Å². The van der Waals surface area contributed by atoms with Crippen LogP contribution in [0.25, 0.3) is 10.9 Å². The maximum absolute atomic E-state index is 12.5. The van der Waals surface area contributed by atoms with E-state index in [0.717, 1.165) is 30.2 Å². The van der Waals surface area contributed by atoms with Gasteiger partial charge in [-0.3, -0.25) is 9.59 Å². The zero-order valence-electron chi connectivity index (χ0n) is 12.9. The number of fused-ring (bicyclic) bond motifs is 1. The van der Waals surface area contributed by atoms with Gasteiger partial charge in [0.25, 0.3) is 5.91 Å². The summed E-state index contributed by atoms with van der Waals surface area (Å²) in [6.07, 6.45) is 2.22. The van der Waals surface area contributed by atoms with Crippen LogP contribution in [0.1, 0.15) is 36.7 Å². The Balaban J connectivity index is 1.69. The van der Waals surface area contributed by atoms with E-state index < -0.39 is 0 Å². The van der Waals surface area contributed by atoms with Crippen LogP contribution in [0.5, 0.6) is 0 Å². The van der Waals surface area contributed by atoms with Crippen LogP contribution >= 0.6 is 11.6 Å². The van der Waals surface area contributed by atoms with Crippen LogP contribution in [-0.4, -0.2) is 22.8 Å². The number of nitrogens with two attached hydrogens (primary N) is 1. The normalized spacial score (nSPS) is 24.5. The molecule has 1 aromatic heterocycles. The summed E-state index contributed by atoms with van der Waals surface area (Å²) >= 11 is 5.97. The zero-order chi connectivity index (χ0) is 16.6. The molecule has 1 aliphatic rings. The number of hydrogen-bond acceptors (Lipinski definition) is 2. The molecule has 2 amide bonds. The van der Waals surface area contributed by atoms with Crippen LogP contribution < -0.4 is 11.1 Å². The van der Waals surface area contributed by atoms with Crippen molar-refractivity contribution < 1.29 is 9.59 Å². The SMILES string of the molecule is C[C@@H]1C[C@@H](C(N)=O)CC[C@@H]1NC(=O)c1cc2cc(Cl)ccc2[nH]1. The van der Waals surface area contributed by atoms with E-state index in [1.165, 1.54) is 0 Å². The summed E-state index contributed by atoms with van der Waals surface area (Å²) < 4.78 is 0. The molecule has 122 valence electrons. The van der Waals surface area contributed by atoms with Crippen molar-refractivity contribution in [1.29, 1.82) is 0 Å². The minimum absolute atomic E-state index is 0.0631. The minimum Gasteiger partial charge on any atom is -0.369 e. The van der Waals surface area contributed by atoms with Gasteiger partial charge in [0.2, 0.25) is 5.91 Å². The molecule has 1 heterocycles. The number of amides is 2. The Bertz CT molecular complexity index is 755. The number of carbonyl (C=O) groups is 2. The molecule has 1 saturated carbocycles. The van der Waals surface area contributed by atoms with Crippen LogP contribution in [0, 0.1) is 11.8 Å². The topological polar surface area (TPSA) is 88.0 Å². The number of nitrogens with one attached hydrogen (secondary N) is 2. The lowest BCUT2D eigenvalue weighted by Crippen LogP contribution is -2.44. The highest BCUT2D eigenvalue weighted by atomic mass is 35.5. The van der Waals surface area contributed by atoms with Crippen molar-refractivity contribution in [2.75, 3.05) is 0 Å². The monoisotopic (exact) mass is 333 g/mol. The van der Waals surface area contributed by atoms with Crippen molar-refractivity contribution in [2.24, 2.45) is 17.6 Å². The summed E-state index contributed by atoms with van der Waals surface area (Å²) in [6.45, 7) is 2.05. The fraction of sp³-hybridized carbons (Fsp3) is 0.412. The van der Waals surface area contributed by atoms with Gasteiger partial charge in [0.15, 0.2) is 0 Å². The summed E-state index contributed by atoms with van der Waals surface area (Å²) in [4.78, 5) is 26.9. The molecule has 23 heavy (non-hydrogen) atoms.